The fourth-order valence-electron chi connectivity index (χ4n) is 1.90. The number of carbonyl (C=O) groups excluding carboxylic acids is 1. The summed E-state index contributed by atoms with van der Waals surface area (Å²) in [5.41, 5.74) is 3.25. The number of hydrogen-bond donors (Lipinski definition) is 3. The van der Waals surface area contributed by atoms with Crippen molar-refractivity contribution in [1.82, 2.24) is 5.48 Å². The first kappa shape index (κ1) is 15.0. The minimum Gasteiger partial charge on any atom is -0.288 e. The molecule has 7 heteroatoms. The minimum absolute atomic E-state index is 0.0302. The molecule has 0 spiro atoms. The number of hydroxylamine groups is 1. The molecule has 0 aliphatic heterocycles. The molecule has 3 N–H and O–H groups in total. The Morgan fingerprint density at radius 1 is 1.05 bits per heavy atom. The molecule has 110 valence electrons. The van der Waals surface area contributed by atoms with Gasteiger partial charge in [-0.1, -0.05) is 36.4 Å². The van der Waals surface area contributed by atoms with Crippen LogP contribution in [0.5, 0.6) is 0 Å². The fraction of sp³-hybridized carbons (Fsp3) is 0.0714. The molecule has 0 aromatic heterocycles. The van der Waals surface area contributed by atoms with Gasteiger partial charge in [0.05, 0.1) is 17.5 Å². The smallest absolute Gasteiger partial charge is 0.276 e. The summed E-state index contributed by atoms with van der Waals surface area (Å²) in [4.78, 5) is 11.6. The predicted molar refractivity (Wildman–Crippen MR) is 79.6 cm³/mol. The predicted octanol–water partition coefficient (Wildman–Crippen LogP) is 1.84. The normalized spacial score (nSPS) is 11.0. The fourth-order valence-corrected chi connectivity index (χ4v) is 2.47. The van der Waals surface area contributed by atoms with E-state index in [2.05, 4.69) is 4.72 Å². The zero-order chi connectivity index (χ0) is 15.5. The Kier molecular flexibility index (Phi) is 4.25. The molecule has 0 unspecified atom stereocenters. The zero-order valence-electron chi connectivity index (χ0n) is 11.2. The van der Waals surface area contributed by atoms with E-state index in [0.29, 0.717) is 0 Å². The lowest BCUT2D eigenvalue weighted by Gasteiger charge is -2.11. The van der Waals surface area contributed by atoms with E-state index in [1.54, 1.807) is 12.1 Å². The molecule has 0 saturated carbocycles. The molecule has 0 fully saturated rings. The van der Waals surface area contributed by atoms with Gasteiger partial charge >= 0.3 is 0 Å². The van der Waals surface area contributed by atoms with Crippen molar-refractivity contribution < 1.29 is 18.4 Å². The van der Waals surface area contributed by atoms with Crippen LogP contribution < -0.4 is 10.2 Å². The van der Waals surface area contributed by atoms with E-state index in [1.165, 1.54) is 11.5 Å². The largest absolute Gasteiger partial charge is 0.288 e. The molecule has 0 radical (unpaired) electrons. The number of anilines is 1. The summed E-state index contributed by atoms with van der Waals surface area (Å²) in [5.74, 6) is -0.791. The van der Waals surface area contributed by atoms with E-state index in [0.717, 1.165) is 17.4 Å². The van der Waals surface area contributed by atoms with Gasteiger partial charge in [0.25, 0.3) is 5.91 Å². The number of carbonyl (C=O) groups is 1. The van der Waals surface area contributed by atoms with Gasteiger partial charge in [0, 0.05) is 0 Å². The van der Waals surface area contributed by atoms with Crippen LogP contribution in [-0.4, -0.2) is 25.8 Å². The number of amides is 1. The van der Waals surface area contributed by atoms with Crippen LogP contribution in [0.1, 0.15) is 10.4 Å². The standard InChI is InChI=1S/C14H14N2O4S/c1-21(19,20)16-13-9-11(10-5-3-2-4-6-10)7-8-12(13)14(17)15-18/h2-9,16,18H,1H3,(H,15,17). The van der Waals surface area contributed by atoms with E-state index in [4.69, 9.17) is 5.21 Å². The number of benzene rings is 2. The molecule has 1 amide bonds. The van der Waals surface area contributed by atoms with Crippen molar-refractivity contribution in [3.63, 3.8) is 0 Å². The lowest BCUT2D eigenvalue weighted by Crippen LogP contribution is -2.21. The van der Waals surface area contributed by atoms with E-state index in [9.17, 15) is 13.2 Å². The van der Waals surface area contributed by atoms with E-state index in [-0.39, 0.29) is 11.3 Å². The van der Waals surface area contributed by atoms with Gasteiger partial charge in [-0.05, 0) is 23.3 Å². The Balaban J connectivity index is 2.54. The second-order valence-corrected chi connectivity index (χ2v) is 6.19. The van der Waals surface area contributed by atoms with Gasteiger partial charge in [-0.2, -0.15) is 0 Å². The van der Waals surface area contributed by atoms with Crippen molar-refractivity contribution in [1.29, 1.82) is 0 Å². The summed E-state index contributed by atoms with van der Waals surface area (Å²) in [6.45, 7) is 0. The Labute approximate surface area is 122 Å². The topological polar surface area (TPSA) is 95.5 Å². The molecular weight excluding hydrogens is 292 g/mol. The monoisotopic (exact) mass is 306 g/mol. The maximum absolute atomic E-state index is 11.6. The minimum atomic E-state index is -3.55. The molecule has 0 heterocycles. The lowest BCUT2D eigenvalue weighted by atomic mass is 10.0. The number of sulfonamides is 1. The first-order valence-electron chi connectivity index (χ1n) is 6.02. The molecule has 2 rings (SSSR count). The first-order valence-corrected chi connectivity index (χ1v) is 7.91. The highest BCUT2D eigenvalue weighted by molar-refractivity contribution is 7.92. The van der Waals surface area contributed by atoms with E-state index >= 15 is 0 Å². The molecule has 2 aromatic carbocycles. The molecule has 0 bridgehead atoms. The highest BCUT2D eigenvalue weighted by atomic mass is 32.2. The third kappa shape index (κ3) is 3.80. The van der Waals surface area contributed by atoms with Crippen LogP contribution in [0.15, 0.2) is 48.5 Å². The van der Waals surface area contributed by atoms with Crippen LogP contribution in [0.4, 0.5) is 5.69 Å². The molecule has 2 aromatic rings. The summed E-state index contributed by atoms with van der Waals surface area (Å²) in [7, 11) is -3.55. The quantitative estimate of drug-likeness (QED) is 0.593. The molecule has 0 saturated heterocycles. The van der Waals surface area contributed by atoms with Crippen molar-refractivity contribution in [2.45, 2.75) is 0 Å². The molecular formula is C14H14N2O4S. The number of hydrogen-bond acceptors (Lipinski definition) is 4. The highest BCUT2D eigenvalue weighted by Crippen LogP contribution is 2.26. The van der Waals surface area contributed by atoms with Crippen LogP contribution in [0.2, 0.25) is 0 Å². The Morgan fingerprint density at radius 3 is 2.29 bits per heavy atom. The Bertz CT molecular complexity index is 758. The highest BCUT2D eigenvalue weighted by Gasteiger charge is 2.15. The van der Waals surface area contributed by atoms with Crippen molar-refractivity contribution in [2.24, 2.45) is 0 Å². The van der Waals surface area contributed by atoms with Crippen LogP contribution in [0, 0.1) is 0 Å². The van der Waals surface area contributed by atoms with Crippen LogP contribution in [0.25, 0.3) is 11.1 Å². The summed E-state index contributed by atoms with van der Waals surface area (Å²) in [5, 5.41) is 8.72. The van der Waals surface area contributed by atoms with Gasteiger partial charge < -0.3 is 0 Å². The van der Waals surface area contributed by atoms with E-state index < -0.39 is 15.9 Å². The lowest BCUT2D eigenvalue weighted by molar-refractivity contribution is 0.0707. The molecule has 21 heavy (non-hydrogen) atoms. The maximum atomic E-state index is 11.6. The summed E-state index contributed by atoms with van der Waals surface area (Å²) in [6.07, 6.45) is 0.989. The molecule has 0 aliphatic rings. The van der Waals surface area contributed by atoms with Gasteiger partial charge in [0.15, 0.2) is 0 Å². The van der Waals surface area contributed by atoms with E-state index in [1.807, 2.05) is 30.3 Å². The summed E-state index contributed by atoms with van der Waals surface area (Å²) in [6, 6.07) is 14.0. The maximum Gasteiger partial charge on any atom is 0.276 e. The second-order valence-electron chi connectivity index (χ2n) is 4.44. The summed E-state index contributed by atoms with van der Waals surface area (Å²) < 4.78 is 25.1. The van der Waals surface area contributed by atoms with Crippen molar-refractivity contribution in [3.8, 4) is 11.1 Å². The SMILES string of the molecule is CS(=O)(=O)Nc1cc(-c2ccccc2)ccc1C(=O)NO. The van der Waals surface area contributed by atoms with Gasteiger partial charge in [-0.25, -0.2) is 13.9 Å². The Morgan fingerprint density at radius 2 is 1.71 bits per heavy atom. The molecule has 0 atom stereocenters. The van der Waals surface area contributed by atoms with Gasteiger partial charge in [-0.3, -0.25) is 14.7 Å². The average molecular weight is 306 g/mol. The van der Waals surface area contributed by atoms with Crippen molar-refractivity contribution in [2.75, 3.05) is 11.0 Å². The third-order valence-electron chi connectivity index (χ3n) is 2.77. The van der Waals surface area contributed by atoms with Gasteiger partial charge in [0.2, 0.25) is 10.0 Å². The summed E-state index contributed by atoms with van der Waals surface area (Å²) >= 11 is 0. The van der Waals surface area contributed by atoms with Crippen molar-refractivity contribution >= 4 is 21.6 Å². The third-order valence-corrected chi connectivity index (χ3v) is 3.36. The molecule has 0 aliphatic carbocycles. The Hall–Kier alpha value is -2.38. The molecule has 6 nitrogen and oxygen atoms in total. The van der Waals surface area contributed by atoms with Crippen LogP contribution in [-0.2, 0) is 10.0 Å². The first-order chi connectivity index (χ1) is 9.90. The zero-order valence-corrected chi connectivity index (χ0v) is 12.0. The van der Waals surface area contributed by atoms with Gasteiger partial charge in [-0.15, -0.1) is 0 Å². The number of rotatable bonds is 4. The number of nitrogens with one attached hydrogen (secondary N) is 2. The second kappa shape index (κ2) is 5.94. The van der Waals surface area contributed by atoms with Gasteiger partial charge in [0.1, 0.15) is 0 Å². The van der Waals surface area contributed by atoms with Crippen LogP contribution in [0.3, 0.4) is 0 Å². The average Bonchev–Trinajstić information content (AvgIpc) is 2.45. The van der Waals surface area contributed by atoms with Crippen molar-refractivity contribution in [3.05, 3.63) is 54.1 Å². The van der Waals surface area contributed by atoms with Crippen LogP contribution >= 0.6 is 0 Å².